The molecule has 1 amide bonds. The SMILES string of the molecule is CC(C)CNC(=O)CCNCC1CC(F)(F)C(=O)O1. The first kappa shape index (κ1) is 15.8. The number of hydrogen-bond acceptors (Lipinski definition) is 4. The summed E-state index contributed by atoms with van der Waals surface area (Å²) in [6.45, 7) is 5.11. The topological polar surface area (TPSA) is 67.4 Å². The summed E-state index contributed by atoms with van der Waals surface area (Å²) in [4.78, 5) is 22.1. The summed E-state index contributed by atoms with van der Waals surface area (Å²) in [5, 5.41) is 5.58. The normalized spacial score (nSPS) is 21.5. The smallest absolute Gasteiger partial charge is 0.377 e. The molecule has 1 heterocycles. The number of carbonyl (C=O) groups excluding carboxylic acids is 2. The van der Waals surface area contributed by atoms with Gasteiger partial charge in [0.2, 0.25) is 5.91 Å². The van der Waals surface area contributed by atoms with Gasteiger partial charge >= 0.3 is 11.9 Å². The van der Waals surface area contributed by atoms with Gasteiger partial charge in [-0.3, -0.25) is 4.79 Å². The van der Waals surface area contributed by atoms with Crippen molar-refractivity contribution in [2.24, 2.45) is 5.92 Å². The van der Waals surface area contributed by atoms with Gasteiger partial charge in [-0.25, -0.2) is 4.79 Å². The van der Waals surface area contributed by atoms with E-state index in [2.05, 4.69) is 15.4 Å². The molecule has 1 fully saturated rings. The van der Waals surface area contributed by atoms with Gasteiger partial charge in [-0.15, -0.1) is 0 Å². The molecule has 0 bridgehead atoms. The van der Waals surface area contributed by atoms with Crippen molar-refractivity contribution in [3.8, 4) is 0 Å². The van der Waals surface area contributed by atoms with Crippen LogP contribution in [-0.4, -0.2) is 43.5 Å². The number of alkyl halides is 2. The van der Waals surface area contributed by atoms with Gasteiger partial charge in [0.25, 0.3) is 0 Å². The fourth-order valence-electron chi connectivity index (χ4n) is 1.63. The molecule has 0 aromatic carbocycles. The standard InChI is InChI=1S/C12H20F2N2O3/c1-8(2)6-16-10(17)3-4-15-7-9-5-12(13,14)11(18)19-9/h8-9,15H,3-7H2,1-2H3,(H,16,17). The Morgan fingerprint density at radius 3 is 2.74 bits per heavy atom. The number of carbonyl (C=O) groups is 2. The summed E-state index contributed by atoms with van der Waals surface area (Å²) in [6.07, 6.45) is -1.15. The van der Waals surface area contributed by atoms with Crippen LogP contribution in [0.3, 0.4) is 0 Å². The van der Waals surface area contributed by atoms with E-state index in [4.69, 9.17) is 0 Å². The Morgan fingerprint density at radius 1 is 1.53 bits per heavy atom. The Kier molecular flexibility index (Phi) is 5.65. The van der Waals surface area contributed by atoms with Crippen LogP contribution in [-0.2, 0) is 14.3 Å². The lowest BCUT2D eigenvalue weighted by atomic mass is 10.2. The molecule has 0 spiro atoms. The molecule has 110 valence electrons. The third-order valence-corrected chi connectivity index (χ3v) is 2.66. The lowest BCUT2D eigenvalue weighted by Crippen LogP contribution is -2.33. The molecule has 1 aliphatic rings. The van der Waals surface area contributed by atoms with Crippen molar-refractivity contribution in [3.05, 3.63) is 0 Å². The number of ether oxygens (including phenoxy) is 1. The van der Waals surface area contributed by atoms with Gasteiger partial charge in [-0.05, 0) is 5.92 Å². The Labute approximate surface area is 111 Å². The van der Waals surface area contributed by atoms with Gasteiger partial charge in [0.15, 0.2) is 0 Å². The Bertz CT molecular complexity index is 335. The zero-order valence-corrected chi connectivity index (χ0v) is 11.2. The van der Waals surface area contributed by atoms with Gasteiger partial charge in [0, 0.05) is 26.1 Å². The van der Waals surface area contributed by atoms with Crippen molar-refractivity contribution in [2.45, 2.75) is 38.7 Å². The van der Waals surface area contributed by atoms with Crippen molar-refractivity contribution in [1.82, 2.24) is 10.6 Å². The van der Waals surface area contributed by atoms with Crippen LogP contribution in [0.4, 0.5) is 8.78 Å². The summed E-state index contributed by atoms with van der Waals surface area (Å²) in [5.74, 6) is -4.54. The molecular formula is C12H20F2N2O3. The first-order valence-corrected chi connectivity index (χ1v) is 6.37. The number of cyclic esters (lactones) is 1. The lowest BCUT2D eigenvalue weighted by Gasteiger charge is -2.10. The van der Waals surface area contributed by atoms with Crippen LogP contribution in [0.15, 0.2) is 0 Å². The summed E-state index contributed by atoms with van der Waals surface area (Å²) >= 11 is 0. The lowest BCUT2D eigenvalue weighted by molar-refractivity contribution is -0.159. The van der Waals surface area contributed by atoms with Gasteiger partial charge in [0.1, 0.15) is 6.10 Å². The van der Waals surface area contributed by atoms with Crippen molar-refractivity contribution in [3.63, 3.8) is 0 Å². The summed E-state index contributed by atoms with van der Waals surface area (Å²) in [7, 11) is 0. The summed E-state index contributed by atoms with van der Waals surface area (Å²) in [6, 6.07) is 0. The molecule has 19 heavy (non-hydrogen) atoms. The number of hydrogen-bond donors (Lipinski definition) is 2. The molecule has 1 atom stereocenters. The van der Waals surface area contributed by atoms with Crippen LogP contribution in [0.25, 0.3) is 0 Å². The second-order valence-electron chi connectivity index (χ2n) is 5.09. The predicted molar refractivity (Wildman–Crippen MR) is 64.8 cm³/mol. The second kappa shape index (κ2) is 6.79. The van der Waals surface area contributed by atoms with E-state index in [9.17, 15) is 18.4 Å². The molecule has 1 aliphatic heterocycles. The van der Waals surface area contributed by atoms with E-state index in [0.29, 0.717) is 19.0 Å². The molecule has 1 rings (SSSR count). The van der Waals surface area contributed by atoms with Crippen LogP contribution >= 0.6 is 0 Å². The number of esters is 1. The van der Waals surface area contributed by atoms with E-state index in [-0.39, 0.29) is 18.9 Å². The van der Waals surface area contributed by atoms with Crippen molar-refractivity contribution in [2.75, 3.05) is 19.6 Å². The highest BCUT2D eigenvalue weighted by Crippen LogP contribution is 2.30. The monoisotopic (exact) mass is 278 g/mol. The maximum Gasteiger partial charge on any atom is 0.377 e. The molecule has 0 aliphatic carbocycles. The van der Waals surface area contributed by atoms with Crippen LogP contribution in [0, 0.1) is 5.92 Å². The highest BCUT2D eigenvalue weighted by Gasteiger charge is 2.50. The van der Waals surface area contributed by atoms with Gasteiger partial charge in [-0.2, -0.15) is 8.78 Å². The van der Waals surface area contributed by atoms with Crippen LogP contribution in [0.2, 0.25) is 0 Å². The van der Waals surface area contributed by atoms with E-state index in [0.717, 1.165) is 0 Å². The maximum absolute atomic E-state index is 12.8. The molecule has 1 unspecified atom stereocenters. The average molecular weight is 278 g/mol. The summed E-state index contributed by atoms with van der Waals surface area (Å²) in [5.41, 5.74) is 0. The minimum Gasteiger partial charge on any atom is -0.456 e. The maximum atomic E-state index is 12.8. The van der Waals surface area contributed by atoms with Gasteiger partial charge in [-0.1, -0.05) is 13.8 Å². The summed E-state index contributed by atoms with van der Waals surface area (Å²) < 4.78 is 30.2. The molecule has 0 saturated carbocycles. The van der Waals surface area contributed by atoms with Gasteiger partial charge in [0.05, 0.1) is 6.42 Å². The minimum absolute atomic E-state index is 0.0880. The van der Waals surface area contributed by atoms with Crippen molar-refractivity contribution < 1.29 is 23.1 Å². The zero-order valence-electron chi connectivity index (χ0n) is 11.2. The molecule has 0 aromatic heterocycles. The molecule has 0 aromatic rings. The van der Waals surface area contributed by atoms with Crippen molar-refractivity contribution >= 4 is 11.9 Å². The highest BCUT2D eigenvalue weighted by molar-refractivity contribution is 5.79. The molecule has 7 heteroatoms. The van der Waals surface area contributed by atoms with E-state index in [1.807, 2.05) is 13.8 Å². The number of rotatable bonds is 7. The third-order valence-electron chi connectivity index (χ3n) is 2.66. The van der Waals surface area contributed by atoms with Gasteiger partial charge < -0.3 is 15.4 Å². The molecule has 2 N–H and O–H groups in total. The molecule has 1 saturated heterocycles. The van der Waals surface area contributed by atoms with Crippen molar-refractivity contribution in [1.29, 1.82) is 0 Å². The molecular weight excluding hydrogens is 258 g/mol. The predicted octanol–water partition coefficient (Wildman–Crippen LogP) is 0.689. The number of nitrogens with one attached hydrogen (secondary N) is 2. The van der Waals surface area contributed by atoms with E-state index in [1.54, 1.807) is 0 Å². The van der Waals surface area contributed by atoms with Crippen LogP contribution in [0.1, 0.15) is 26.7 Å². The third kappa shape index (κ3) is 5.50. The van der Waals surface area contributed by atoms with E-state index in [1.165, 1.54) is 0 Å². The fourth-order valence-corrected chi connectivity index (χ4v) is 1.63. The molecule has 5 nitrogen and oxygen atoms in total. The van der Waals surface area contributed by atoms with Crippen LogP contribution < -0.4 is 10.6 Å². The number of halogens is 2. The quantitative estimate of drug-likeness (QED) is 0.531. The Hall–Kier alpha value is -1.24. The Morgan fingerprint density at radius 2 is 2.21 bits per heavy atom. The first-order valence-electron chi connectivity index (χ1n) is 6.37. The average Bonchev–Trinajstić information content (AvgIpc) is 2.56. The molecule has 0 radical (unpaired) electrons. The van der Waals surface area contributed by atoms with E-state index < -0.39 is 24.4 Å². The minimum atomic E-state index is -3.37. The second-order valence-corrected chi connectivity index (χ2v) is 5.09. The van der Waals surface area contributed by atoms with Crippen LogP contribution in [0.5, 0.6) is 0 Å². The van der Waals surface area contributed by atoms with E-state index >= 15 is 0 Å². The largest absolute Gasteiger partial charge is 0.456 e. The first-order chi connectivity index (χ1) is 8.81. The number of amides is 1. The zero-order chi connectivity index (χ0) is 14.5. The fraction of sp³-hybridized carbons (Fsp3) is 0.833. The Balaban J connectivity index is 2.09. The highest BCUT2D eigenvalue weighted by atomic mass is 19.3.